The van der Waals surface area contributed by atoms with Gasteiger partial charge in [-0.05, 0) is 6.42 Å². The summed E-state index contributed by atoms with van der Waals surface area (Å²) < 4.78 is 10.8. The minimum atomic E-state index is -4.06. The molecule has 0 amide bonds. The summed E-state index contributed by atoms with van der Waals surface area (Å²) >= 11 is 0. The largest absolute Gasteiger partial charge is 0.342 e. The Labute approximate surface area is 112 Å². The van der Waals surface area contributed by atoms with Gasteiger partial charge in [-0.15, -0.1) is 0 Å². The smallest absolute Gasteiger partial charge is 0.323 e. The van der Waals surface area contributed by atoms with Crippen LogP contribution in [0.2, 0.25) is 0 Å². The van der Waals surface area contributed by atoms with Crippen molar-refractivity contribution in [2.24, 2.45) is 5.73 Å². The van der Waals surface area contributed by atoms with Crippen LogP contribution in [-0.4, -0.2) is 15.6 Å². The Kier molecular flexibility index (Phi) is 11.0. The Morgan fingerprint density at radius 2 is 1.28 bits per heavy atom. The molecule has 0 bridgehead atoms. The number of unbranched alkanes of at least 4 members (excludes halogenated alkanes) is 9. The summed E-state index contributed by atoms with van der Waals surface area (Å²) in [5.74, 6) is -0.966. The van der Waals surface area contributed by atoms with Crippen LogP contribution in [0.4, 0.5) is 0 Å². The molecule has 0 aliphatic heterocycles. The molecule has 1 atom stereocenters. The van der Waals surface area contributed by atoms with E-state index in [0.29, 0.717) is 6.42 Å². The molecule has 0 heterocycles. The first kappa shape index (κ1) is 18.1. The summed E-state index contributed by atoms with van der Waals surface area (Å²) in [4.78, 5) is 17.6. The topological polar surface area (TPSA) is 83.6 Å². The lowest BCUT2D eigenvalue weighted by molar-refractivity contribution is 0.353. The van der Waals surface area contributed by atoms with E-state index in [-0.39, 0.29) is 0 Å². The summed E-state index contributed by atoms with van der Waals surface area (Å²) in [5, 5.41) is 0. The fraction of sp³-hybridized carbons (Fsp3) is 1.00. The molecule has 0 saturated heterocycles. The summed E-state index contributed by atoms with van der Waals surface area (Å²) in [5.41, 5.74) is 5.40. The summed E-state index contributed by atoms with van der Waals surface area (Å²) in [6.07, 6.45) is 12.6. The van der Waals surface area contributed by atoms with E-state index in [1.54, 1.807) is 0 Å². The fourth-order valence-corrected chi connectivity index (χ4v) is 2.53. The Morgan fingerprint density at radius 1 is 0.889 bits per heavy atom. The zero-order valence-corrected chi connectivity index (χ0v) is 12.6. The lowest BCUT2D eigenvalue weighted by Gasteiger charge is -2.12. The quantitative estimate of drug-likeness (QED) is 0.375. The third kappa shape index (κ3) is 11.2. The van der Waals surface area contributed by atoms with Crippen molar-refractivity contribution in [3.05, 3.63) is 0 Å². The third-order valence-electron chi connectivity index (χ3n) is 3.29. The van der Waals surface area contributed by atoms with Crippen LogP contribution in [0.5, 0.6) is 0 Å². The van der Waals surface area contributed by atoms with Crippen LogP contribution in [0.1, 0.15) is 77.6 Å². The number of nitrogens with two attached hydrogens (primary N) is 1. The minimum absolute atomic E-state index is 0.431. The van der Waals surface area contributed by atoms with E-state index >= 15 is 0 Å². The van der Waals surface area contributed by atoms with Gasteiger partial charge in [0.1, 0.15) is 5.78 Å². The molecule has 0 aromatic rings. The van der Waals surface area contributed by atoms with Gasteiger partial charge in [-0.2, -0.15) is 0 Å². The van der Waals surface area contributed by atoms with Crippen LogP contribution >= 0.6 is 7.60 Å². The van der Waals surface area contributed by atoms with E-state index in [4.69, 9.17) is 15.5 Å². The number of hydrogen-bond acceptors (Lipinski definition) is 2. The molecular weight excluding hydrogens is 249 g/mol. The second kappa shape index (κ2) is 11.0. The van der Waals surface area contributed by atoms with Gasteiger partial charge in [-0.3, -0.25) is 4.57 Å². The van der Waals surface area contributed by atoms with Crippen molar-refractivity contribution < 1.29 is 14.4 Å². The van der Waals surface area contributed by atoms with E-state index in [1.165, 1.54) is 44.9 Å². The van der Waals surface area contributed by atoms with E-state index in [1.807, 2.05) is 0 Å². The van der Waals surface area contributed by atoms with Crippen LogP contribution in [0.15, 0.2) is 0 Å². The molecule has 0 aliphatic carbocycles. The molecule has 4 N–H and O–H groups in total. The van der Waals surface area contributed by atoms with Gasteiger partial charge in [0.05, 0.1) is 0 Å². The van der Waals surface area contributed by atoms with E-state index in [2.05, 4.69) is 6.92 Å². The lowest BCUT2D eigenvalue weighted by atomic mass is 10.1. The van der Waals surface area contributed by atoms with Crippen LogP contribution in [0.3, 0.4) is 0 Å². The van der Waals surface area contributed by atoms with Crippen molar-refractivity contribution in [1.29, 1.82) is 0 Å². The predicted octanol–water partition coefficient (Wildman–Crippen LogP) is 3.76. The Morgan fingerprint density at radius 3 is 1.67 bits per heavy atom. The highest BCUT2D eigenvalue weighted by atomic mass is 31.2. The highest BCUT2D eigenvalue weighted by molar-refractivity contribution is 7.52. The Bertz CT molecular complexity index is 230. The second-order valence-electron chi connectivity index (χ2n) is 5.13. The third-order valence-corrected chi connectivity index (χ3v) is 4.41. The summed E-state index contributed by atoms with van der Waals surface area (Å²) in [6.45, 7) is 2.22. The van der Waals surface area contributed by atoms with Crippen LogP contribution in [0.25, 0.3) is 0 Å². The van der Waals surface area contributed by atoms with E-state index in [9.17, 15) is 4.57 Å². The normalized spacial score (nSPS) is 13.8. The van der Waals surface area contributed by atoms with Crippen molar-refractivity contribution in [2.75, 3.05) is 0 Å². The lowest BCUT2D eigenvalue weighted by Crippen LogP contribution is -2.19. The Hall–Kier alpha value is 0.110. The first-order valence-corrected chi connectivity index (χ1v) is 8.97. The van der Waals surface area contributed by atoms with Gasteiger partial charge in [0.25, 0.3) is 0 Å². The molecule has 0 spiro atoms. The fourth-order valence-electron chi connectivity index (χ4n) is 2.01. The number of rotatable bonds is 12. The first-order chi connectivity index (χ1) is 8.48. The number of hydrogen-bond donors (Lipinski definition) is 3. The molecule has 0 aliphatic rings. The predicted molar refractivity (Wildman–Crippen MR) is 76.5 cm³/mol. The molecular formula is C13H30NO3P. The molecule has 0 rings (SSSR count). The molecule has 0 fully saturated rings. The average molecular weight is 279 g/mol. The molecule has 0 radical (unpaired) electrons. The average Bonchev–Trinajstić information content (AvgIpc) is 2.30. The zero-order valence-electron chi connectivity index (χ0n) is 11.7. The molecule has 0 unspecified atom stereocenters. The van der Waals surface area contributed by atoms with Gasteiger partial charge in [0, 0.05) is 0 Å². The molecule has 4 nitrogen and oxygen atoms in total. The van der Waals surface area contributed by atoms with Crippen molar-refractivity contribution in [2.45, 2.75) is 83.3 Å². The molecule has 110 valence electrons. The maximum atomic E-state index is 10.8. The Balaban J connectivity index is 3.19. The van der Waals surface area contributed by atoms with Gasteiger partial charge in [-0.25, -0.2) is 0 Å². The summed E-state index contributed by atoms with van der Waals surface area (Å²) in [6, 6.07) is 0. The van der Waals surface area contributed by atoms with Gasteiger partial charge in [0.2, 0.25) is 0 Å². The van der Waals surface area contributed by atoms with Gasteiger partial charge >= 0.3 is 7.60 Å². The van der Waals surface area contributed by atoms with Gasteiger partial charge in [-0.1, -0.05) is 71.1 Å². The van der Waals surface area contributed by atoms with Crippen LogP contribution in [-0.2, 0) is 4.57 Å². The van der Waals surface area contributed by atoms with Crippen molar-refractivity contribution >= 4 is 7.60 Å². The maximum absolute atomic E-state index is 10.8. The van der Waals surface area contributed by atoms with Crippen LogP contribution < -0.4 is 5.73 Å². The minimum Gasteiger partial charge on any atom is -0.323 e. The second-order valence-corrected chi connectivity index (χ2v) is 6.97. The molecule has 5 heteroatoms. The zero-order chi connectivity index (χ0) is 13.9. The van der Waals surface area contributed by atoms with Crippen LogP contribution in [0, 0.1) is 0 Å². The van der Waals surface area contributed by atoms with Crippen molar-refractivity contribution in [3.63, 3.8) is 0 Å². The van der Waals surface area contributed by atoms with Gasteiger partial charge < -0.3 is 15.5 Å². The SMILES string of the molecule is CCCCCCCCCCCC[C@@H](N)P(=O)(O)O. The molecule has 0 saturated carbocycles. The van der Waals surface area contributed by atoms with Crippen molar-refractivity contribution in [1.82, 2.24) is 0 Å². The monoisotopic (exact) mass is 279 g/mol. The highest BCUT2D eigenvalue weighted by Crippen LogP contribution is 2.40. The molecule has 0 aromatic carbocycles. The maximum Gasteiger partial charge on any atom is 0.342 e. The molecule has 18 heavy (non-hydrogen) atoms. The van der Waals surface area contributed by atoms with E-state index in [0.717, 1.165) is 19.3 Å². The van der Waals surface area contributed by atoms with Gasteiger partial charge in [0.15, 0.2) is 0 Å². The van der Waals surface area contributed by atoms with Crippen molar-refractivity contribution in [3.8, 4) is 0 Å². The standard InChI is InChI=1S/C13H30NO3P/c1-2-3-4-5-6-7-8-9-10-11-12-13(14)18(15,16)17/h13H,2-12,14H2,1H3,(H2,15,16,17)/t13-/m0/s1. The first-order valence-electron chi connectivity index (χ1n) is 7.29. The highest BCUT2D eigenvalue weighted by Gasteiger charge is 2.23. The van der Waals surface area contributed by atoms with E-state index < -0.39 is 13.4 Å². The molecule has 0 aromatic heterocycles. The summed E-state index contributed by atoms with van der Waals surface area (Å²) in [7, 11) is -4.06.